The summed E-state index contributed by atoms with van der Waals surface area (Å²) in [5, 5.41) is 29.9. The molecule has 28 heavy (non-hydrogen) atoms. The molecule has 1 aliphatic carbocycles. The lowest BCUT2D eigenvalue weighted by Crippen LogP contribution is -2.57. The Morgan fingerprint density at radius 2 is 1.82 bits per heavy atom. The van der Waals surface area contributed by atoms with Crippen molar-refractivity contribution in [2.45, 2.75) is 50.3 Å². The fraction of sp³-hybridized carbons (Fsp3) is 0.474. The van der Waals surface area contributed by atoms with Crippen molar-refractivity contribution in [3.63, 3.8) is 0 Å². The largest absolute Gasteiger partial charge is 0.460 e. The maximum atomic E-state index is 12.3. The number of carbonyl (C=O) groups is 1. The quantitative estimate of drug-likeness (QED) is 0.631. The molecule has 4 atom stereocenters. The second-order valence-electron chi connectivity index (χ2n) is 6.97. The monoisotopic (exact) mass is 410 g/mol. The number of rotatable bonds is 3. The van der Waals surface area contributed by atoms with Crippen LogP contribution in [0.1, 0.15) is 24.0 Å². The predicted molar refractivity (Wildman–Crippen MR) is 97.5 cm³/mol. The average molecular weight is 411 g/mol. The highest BCUT2D eigenvalue weighted by atomic mass is 35.5. The molecule has 4 unspecified atom stereocenters. The number of benzene rings is 1. The molecule has 2 aromatic rings. The summed E-state index contributed by atoms with van der Waals surface area (Å²) in [7, 11) is 0. The molecule has 1 saturated heterocycles. The van der Waals surface area contributed by atoms with Gasteiger partial charge in [-0.3, -0.25) is 4.79 Å². The zero-order valence-corrected chi connectivity index (χ0v) is 15.5. The summed E-state index contributed by atoms with van der Waals surface area (Å²) in [5.74, 6) is -0.884. The van der Waals surface area contributed by atoms with E-state index in [1.165, 1.54) is 6.07 Å². The first-order valence-corrected chi connectivity index (χ1v) is 9.39. The van der Waals surface area contributed by atoms with Gasteiger partial charge in [0, 0.05) is 17.0 Å². The van der Waals surface area contributed by atoms with E-state index in [-0.39, 0.29) is 16.4 Å². The molecule has 0 amide bonds. The van der Waals surface area contributed by atoms with Crippen molar-refractivity contribution in [1.82, 2.24) is 0 Å². The molecule has 4 rings (SSSR count). The highest BCUT2D eigenvalue weighted by Gasteiger charge is 2.44. The van der Waals surface area contributed by atoms with Crippen LogP contribution in [0.3, 0.4) is 0 Å². The maximum Gasteiger partial charge on any atom is 0.339 e. The van der Waals surface area contributed by atoms with E-state index < -0.39 is 42.6 Å². The van der Waals surface area contributed by atoms with Crippen LogP contribution in [0.15, 0.2) is 21.3 Å². The van der Waals surface area contributed by atoms with Gasteiger partial charge in [0.2, 0.25) is 6.29 Å². The lowest BCUT2D eigenvalue weighted by Gasteiger charge is -2.35. The molecule has 3 N–H and O–H groups in total. The Morgan fingerprint density at radius 1 is 1.11 bits per heavy atom. The first-order valence-electron chi connectivity index (χ1n) is 9.01. The minimum atomic E-state index is -1.76. The van der Waals surface area contributed by atoms with E-state index in [9.17, 15) is 24.9 Å². The van der Waals surface area contributed by atoms with Crippen LogP contribution in [-0.4, -0.2) is 52.3 Å². The minimum absolute atomic E-state index is 0.0398. The van der Waals surface area contributed by atoms with Crippen molar-refractivity contribution in [1.29, 1.82) is 0 Å². The third kappa shape index (κ3) is 3.21. The van der Waals surface area contributed by atoms with Gasteiger partial charge in [0.15, 0.2) is 11.9 Å². The van der Waals surface area contributed by atoms with Crippen LogP contribution in [0.25, 0.3) is 11.0 Å². The van der Waals surface area contributed by atoms with Gasteiger partial charge in [0.25, 0.3) is 0 Å². The molecule has 0 spiro atoms. The molecule has 1 aromatic heterocycles. The van der Waals surface area contributed by atoms with Crippen LogP contribution in [0, 0.1) is 0 Å². The number of aliphatic hydroxyl groups excluding tert-OH is 3. The topological polar surface area (TPSA) is 126 Å². The van der Waals surface area contributed by atoms with Crippen LogP contribution in [0.5, 0.6) is 5.75 Å². The molecule has 8 nitrogen and oxygen atoms in total. The van der Waals surface area contributed by atoms with E-state index in [0.29, 0.717) is 12.0 Å². The first-order chi connectivity index (χ1) is 13.4. The summed E-state index contributed by atoms with van der Waals surface area (Å²) >= 11 is 6.32. The van der Waals surface area contributed by atoms with Crippen LogP contribution in [-0.2, 0) is 22.4 Å². The number of aryl methyl sites for hydroxylation is 1. The van der Waals surface area contributed by atoms with Crippen molar-refractivity contribution in [2.24, 2.45) is 0 Å². The predicted octanol–water partition coefficient (Wildman–Crippen LogP) is 0.712. The molecule has 150 valence electrons. The summed E-state index contributed by atoms with van der Waals surface area (Å²) in [4.78, 5) is 24.2. The van der Waals surface area contributed by atoms with E-state index in [2.05, 4.69) is 0 Å². The van der Waals surface area contributed by atoms with E-state index in [1.807, 2.05) is 0 Å². The van der Waals surface area contributed by atoms with Gasteiger partial charge < -0.3 is 29.2 Å². The van der Waals surface area contributed by atoms with Gasteiger partial charge in [-0.05, 0) is 37.3 Å². The Hall–Kier alpha value is -1.97. The van der Waals surface area contributed by atoms with Crippen molar-refractivity contribution in [2.75, 3.05) is 6.61 Å². The molecule has 9 heteroatoms. The molecular weight excluding hydrogens is 392 g/mol. The summed E-state index contributed by atoms with van der Waals surface area (Å²) in [6, 6.07) is 3.03. The van der Waals surface area contributed by atoms with E-state index >= 15 is 0 Å². The minimum Gasteiger partial charge on any atom is -0.460 e. The molecule has 1 aliphatic heterocycles. The van der Waals surface area contributed by atoms with Gasteiger partial charge >= 0.3 is 5.63 Å². The van der Waals surface area contributed by atoms with Gasteiger partial charge in [0.1, 0.15) is 23.5 Å². The number of Topliss-reactive ketones (excluding diaryl/α,β-unsaturated/α-hetero) is 1. The van der Waals surface area contributed by atoms with Gasteiger partial charge in [0.05, 0.1) is 11.6 Å². The van der Waals surface area contributed by atoms with Crippen molar-refractivity contribution in [3.05, 3.63) is 38.7 Å². The number of hydrogen-bond donors (Lipinski definition) is 3. The van der Waals surface area contributed by atoms with Gasteiger partial charge in [-0.15, -0.1) is 0 Å². The van der Waals surface area contributed by atoms with E-state index in [4.69, 9.17) is 25.5 Å². The molecule has 0 radical (unpaired) electrons. The third-order valence-electron chi connectivity index (χ3n) is 5.20. The Balaban J connectivity index is 1.70. The smallest absolute Gasteiger partial charge is 0.339 e. The number of carbonyl (C=O) groups excluding carboxylic acids is 1. The molecule has 1 aromatic carbocycles. The van der Waals surface area contributed by atoms with Gasteiger partial charge in [-0.1, -0.05) is 11.6 Å². The van der Waals surface area contributed by atoms with E-state index in [0.717, 1.165) is 30.2 Å². The van der Waals surface area contributed by atoms with Crippen LogP contribution >= 0.6 is 11.6 Å². The van der Waals surface area contributed by atoms with Crippen molar-refractivity contribution < 1.29 is 34.0 Å². The fourth-order valence-electron chi connectivity index (χ4n) is 3.71. The fourth-order valence-corrected chi connectivity index (χ4v) is 3.92. The third-order valence-corrected chi connectivity index (χ3v) is 5.50. The normalized spacial score (nSPS) is 27.6. The number of hydrogen-bond acceptors (Lipinski definition) is 8. The SMILES string of the molecule is O=C1C(O)C(CO)OC(Oc2cc3oc(=O)c4c(c3cc2Cl)CCCC4)C1O. The van der Waals surface area contributed by atoms with Crippen LogP contribution in [0.4, 0.5) is 0 Å². The number of ether oxygens (including phenoxy) is 2. The number of ketones is 1. The Labute approximate surface area is 164 Å². The lowest BCUT2D eigenvalue weighted by molar-refractivity contribution is -0.229. The second kappa shape index (κ2) is 7.46. The molecule has 2 heterocycles. The number of aliphatic hydroxyl groups is 3. The highest BCUT2D eigenvalue weighted by molar-refractivity contribution is 6.32. The summed E-state index contributed by atoms with van der Waals surface area (Å²) in [6.45, 7) is -0.633. The number of halogens is 1. The zero-order valence-electron chi connectivity index (χ0n) is 14.8. The second-order valence-corrected chi connectivity index (χ2v) is 7.38. The highest BCUT2D eigenvalue weighted by Crippen LogP contribution is 2.35. The molecule has 1 fully saturated rings. The zero-order chi connectivity index (χ0) is 20.0. The van der Waals surface area contributed by atoms with E-state index in [1.54, 1.807) is 6.07 Å². The van der Waals surface area contributed by atoms with Gasteiger partial charge in [-0.2, -0.15) is 0 Å². The first kappa shape index (κ1) is 19.4. The molecular formula is C19H19ClO8. The van der Waals surface area contributed by atoms with Crippen LogP contribution < -0.4 is 10.4 Å². The Bertz CT molecular complexity index is 984. The van der Waals surface area contributed by atoms with Crippen molar-refractivity contribution >= 4 is 28.4 Å². The Morgan fingerprint density at radius 3 is 2.54 bits per heavy atom. The molecule has 0 bridgehead atoms. The molecule has 0 saturated carbocycles. The lowest BCUT2D eigenvalue weighted by atomic mass is 9.90. The summed E-state index contributed by atoms with van der Waals surface area (Å²) in [5.41, 5.74) is 1.46. The maximum absolute atomic E-state index is 12.3. The summed E-state index contributed by atoms with van der Waals surface area (Å²) < 4.78 is 16.2. The van der Waals surface area contributed by atoms with Gasteiger partial charge in [-0.25, -0.2) is 4.79 Å². The number of fused-ring (bicyclic) bond motifs is 3. The standard InChI is InChI=1S/C19H19ClO8/c20-11-5-10-8-3-1-2-4-9(8)18(25)26-12(10)6-13(11)27-19-17(24)16(23)15(22)14(7-21)28-19/h5-6,14-15,17,19,21-22,24H,1-4,7H2. The van der Waals surface area contributed by atoms with Crippen LogP contribution in [0.2, 0.25) is 5.02 Å². The molecule has 2 aliphatic rings. The summed E-state index contributed by atoms with van der Waals surface area (Å²) in [6.07, 6.45) is -2.81. The average Bonchev–Trinajstić information content (AvgIpc) is 2.70. The Kier molecular flexibility index (Phi) is 5.15. The van der Waals surface area contributed by atoms with Crippen molar-refractivity contribution in [3.8, 4) is 5.75 Å².